The van der Waals surface area contributed by atoms with Gasteiger partial charge in [0.25, 0.3) is 0 Å². The van der Waals surface area contributed by atoms with Gasteiger partial charge in [0, 0.05) is 7.05 Å². The van der Waals surface area contributed by atoms with Gasteiger partial charge in [0.15, 0.2) is 0 Å². The Bertz CT molecular complexity index is 512. The van der Waals surface area contributed by atoms with E-state index in [9.17, 15) is 16.8 Å². The van der Waals surface area contributed by atoms with E-state index in [1.165, 1.54) is 14.0 Å². The highest BCUT2D eigenvalue weighted by molar-refractivity contribution is 7.92. The fourth-order valence-corrected chi connectivity index (χ4v) is 5.46. The molecule has 0 aromatic carbocycles. The number of amidine groups is 1. The summed E-state index contributed by atoms with van der Waals surface area (Å²) in [5, 5.41) is 6.56. The largest absolute Gasteiger partial charge is 0.386 e. The van der Waals surface area contributed by atoms with Crippen LogP contribution < -0.4 is 5.73 Å². The molecule has 1 heterocycles. The van der Waals surface area contributed by atoms with Crippen molar-refractivity contribution in [3.63, 3.8) is 0 Å². The standard InChI is InChI=1S/C9H19N3O4S2/c1-7(9(10)11)12(2)18(15,16)8-3-5-17(13,14)6-4-8/h7-8H,3-6H2,1-2H3,(H3,10,11). The van der Waals surface area contributed by atoms with Crippen molar-refractivity contribution in [2.45, 2.75) is 31.1 Å². The van der Waals surface area contributed by atoms with Gasteiger partial charge < -0.3 is 5.73 Å². The first-order valence-corrected chi connectivity index (χ1v) is 8.91. The van der Waals surface area contributed by atoms with Crippen LogP contribution in [0.1, 0.15) is 19.8 Å². The number of nitrogens with two attached hydrogens (primary N) is 1. The van der Waals surface area contributed by atoms with E-state index in [-0.39, 0.29) is 30.2 Å². The Hall–Kier alpha value is -0.670. The molecule has 1 rings (SSSR count). The predicted octanol–water partition coefficient (Wildman–Crippen LogP) is -0.850. The number of likely N-dealkylation sites (N-methyl/N-ethyl adjacent to an activating group) is 1. The van der Waals surface area contributed by atoms with Crippen LogP contribution in [0.5, 0.6) is 0 Å². The SMILES string of the molecule is CC(C(=N)N)N(C)S(=O)(=O)C1CCS(=O)(=O)CC1. The van der Waals surface area contributed by atoms with Crippen molar-refractivity contribution >= 4 is 25.7 Å². The topological polar surface area (TPSA) is 121 Å². The summed E-state index contributed by atoms with van der Waals surface area (Å²) in [7, 11) is -5.33. The molecule has 0 saturated carbocycles. The molecule has 1 saturated heterocycles. The van der Waals surface area contributed by atoms with Gasteiger partial charge in [-0.2, -0.15) is 4.31 Å². The van der Waals surface area contributed by atoms with Crippen LogP contribution in [0.4, 0.5) is 0 Å². The van der Waals surface area contributed by atoms with Crippen LogP contribution in [-0.2, 0) is 19.9 Å². The predicted molar refractivity (Wildman–Crippen MR) is 69.7 cm³/mol. The molecule has 0 spiro atoms. The molecule has 1 aliphatic heterocycles. The van der Waals surface area contributed by atoms with Gasteiger partial charge in [-0.3, -0.25) is 5.41 Å². The normalized spacial score (nSPS) is 22.8. The Morgan fingerprint density at radius 3 is 2.22 bits per heavy atom. The number of nitrogens with one attached hydrogen (secondary N) is 1. The van der Waals surface area contributed by atoms with Crippen molar-refractivity contribution in [2.24, 2.45) is 5.73 Å². The number of sulfonamides is 1. The Morgan fingerprint density at radius 2 is 1.83 bits per heavy atom. The lowest BCUT2D eigenvalue weighted by molar-refractivity contribution is 0.432. The van der Waals surface area contributed by atoms with Crippen LogP contribution in [0.3, 0.4) is 0 Å². The van der Waals surface area contributed by atoms with E-state index >= 15 is 0 Å². The highest BCUT2D eigenvalue weighted by Gasteiger charge is 2.37. The average Bonchev–Trinajstić information content (AvgIpc) is 2.26. The summed E-state index contributed by atoms with van der Waals surface area (Å²) in [6.07, 6.45) is 0.221. The highest BCUT2D eigenvalue weighted by Crippen LogP contribution is 2.22. The molecule has 0 bridgehead atoms. The van der Waals surface area contributed by atoms with Crippen LogP contribution in [0.15, 0.2) is 0 Å². The molecule has 1 unspecified atom stereocenters. The fraction of sp³-hybridized carbons (Fsp3) is 0.889. The van der Waals surface area contributed by atoms with Gasteiger partial charge in [-0.05, 0) is 19.8 Å². The monoisotopic (exact) mass is 297 g/mol. The van der Waals surface area contributed by atoms with Crippen LogP contribution in [-0.4, -0.2) is 56.8 Å². The van der Waals surface area contributed by atoms with E-state index in [2.05, 4.69) is 0 Å². The summed E-state index contributed by atoms with van der Waals surface area (Å²) in [6.45, 7) is 1.53. The number of hydrogen-bond acceptors (Lipinski definition) is 5. The second-order valence-corrected chi connectivity index (χ2v) is 9.12. The Labute approximate surface area is 108 Å². The second-order valence-electron chi connectivity index (χ2n) is 4.54. The smallest absolute Gasteiger partial charge is 0.217 e. The molecule has 0 radical (unpaired) electrons. The second kappa shape index (κ2) is 5.14. The van der Waals surface area contributed by atoms with E-state index in [0.29, 0.717) is 0 Å². The number of sulfone groups is 1. The van der Waals surface area contributed by atoms with Gasteiger partial charge in [-0.1, -0.05) is 0 Å². The first-order chi connectivity index (χ1) is 8.08. The van der Waals surface area contributed by atoms with Crippen molar-refractivity contribution in [1.82, 2.24) is 4.31 Å². The van der Waals surface area contributed by atoms with Crippen molar-refractivity contribution in [3.05, 3.63) is 0 Å². The molecule has 0 aliphatic carbocycles. The van der Waals surface area contributed by atoms with Gasteiger partial charge in [0.05, 0.1) is 22.8 Å². The third kappa shape index (κ3) is 3.21. The third-order valence-electron chi connectivity index (χ3n) is 3.32. The van der Waals surface area contributed by atoms with E-state index < -0.39 is 31.2 Å². The highest BCUT2D eigenvalue weighted by atomic mass is 32.2. The van der Waals surface area contributed by atoms with Gasteiger partial charge in [-0.25, -0.2) is 16.8 Å². The molecule has 1 atom stereocenters. The van der Waals surface area contributed by atoms with E-state index in [1.54, 1.807) is 0 Å². The molecular formula is C9H19N3O4S2. The molecular weight excluding hydrogens is 278 g/mol. The van der Waals surface area contributed by atoms with Crippen LogP contribution >= 0.6 is 0 Å². The quantitative estimate of drug-likeness (QED) is 0.517. The zero-order valence-corrected chi connectivity index (χ0v) is 12.1. The number of hydrogen-bond donors (Lipinski definition) is 2. The van der Waals surface area contributed by atoms with Gasteiger partial charge in [0.2, 0.25) is 10.0 Å². The average molecular weight is 297 g/mol. The van der Waals surface area contributed by atoms with E-state index in [4.69, 9.17) is 11.1 Å². The Balaban J connectivity index is 2.85. The zero-order chi connectivity index (χ0) is 14.1. The fourth-order valence-electron chi connectivity index (χ4n) is 1.82. The lowest BCUT2D eigenvalue weighted by atomic mass is 10.2. The lowest BCUT2D eigenvalue weighted by Crippen LogP contribution is -2.48. The van der Waals surface area contributed by atoms with Gasteiger partial charge >= 0.3 is 0 Å². The van der Waals surface area contributed by atoms with Crippen molar-refractivity contribution < 1.29 is 16.8 Å². The molecule has 0 aromatic rings. The first-order valence-electron chi connectivity index (χ1n) is 5.59. The minimum atomic E-state index is -3.61. The van der Waals surface area contributed by atoms with Crippen molar-refractivity contribution in [2.75, 3.05) is 18.6 Å². The number of nitrogens with zero attached hydrogens (tertiary/aromatic N) is 1. The van der Waals surface area contributed by atoms with Crippen LogP contribution in [0.25, 0.3) is 0 Å². The Morgan fingerprint density at radius 1 is 1.39 bits per heavy atom. The lowest BCUT2D eigenvalue weighted by Gasteiger charge is -2.30. The summed E-state index contributed by atoms with van der Waals surface area (Å²) in [5.41, 5.74) is 5.29. The summed E-state index contributed by atoms with van der Waals surface area (Å²) in [5.74, 6) is -0.428. The van der Waals surface area contributed by atoms with E-state index in [1.807, 2.05) is 0 Å². The van der Waals surface area contributed by atoms with Crippen LogP contribution in [0.2, 0.25) is 0 Å². The maximum atomic E-state index is 12.2. The summed E-state index contributed by atoms with van der Waals surface area (Å²) in [4.78, 5) is 0. The van der Waals surface area contributed by atoms with Crippen molar-refractivity contribution in [1.29, 1.82) is 5.41 Å². The summed E-state index contributed by atoms with van der Waals surface area (Å²) >= 11 is 0. The maximum absolute atomic E-state index is 12.2. The molecule has 106 valence electrons. The molecule has 0 amide bonds. The molecule has 1 aliphatic rings. The summed E-state index contributed by atoms with van der Waals surface area (Å²) in [6, 6.07) is -0.714. The molecule has 1 fully saturated rings. The molecule has 9 heteroatoms. The van der Waals surface area contributed by atoms with Gasteiger partial charge in [0.1, 0.15) is 15.7 Å². The molecule has 7 nitrogen and oxygen atoms in total. The molecule has 0 aromatic heterocycles. The minimum Gasteiger partial charge on any atom is -0.386 e. The zero-order valence-electron chi connectivity index (χ0n) is 10.5. The minimum absolute atomic E-state index is 0.0980. The molecule has 3 N–H and O–H groups in total. The first kappa shape index (κ1) is 15.4. The van der Waals surface area contributed by atoms with Gasteiger partial charge in [-0.15, -0.1) is 0 Å². The van der Waals surface area contributed by atoms with E-state index in [0.717, 1.165) is 4.31 Å². The Kier molecular flexibility index (Phi) is 4.39. The maximum Gasteiger partial charge on any atom is 0.217 e. The summed E-state index contributed by atoms with van der Waals surface area (Å²) < 4.78 is 48.0. The number of rotatable bonds is 4. The third-order valence-corrected chi connectivity index (χ3v) is 7.47. The van der Waals surface area contributed by atoms with Crippen molar-refractivity contribution in [3.8, 4) is 0 Å². The molecule has 18 heavy (non-hydrogen) atoms. The van der Waals surface area contributed by atoms with Crippen LogP contribution in [0, 0.1) is 5.41 Å².